The standard InChI is InChI=1S/C21H19N3O3/c1-26-17-7-2-3-8-18(17)27-19-11-12-22-20(24-19)14-5-4-6-15(13-14)21(25)23-16-9-10-16/h2-8,11-13,16H,9-10H2,1H3,(H,23,25). The molecule has 1 aromatic heterocycles. The molecule has 27 heavy (non-hydrogen) atoms. The number of hydrogen-bond donors (Lipinski definition) is 1. The van der Waals surface area contributed by atoms with Crippen LogP contribution in [0.2, 0.25) is 0 Å². The largest absolute Gasteiger partial charge is 0.493 e. The summed E-state index contributed by atoms with van der Waals surface area (Å²) in [5.41, 5.74) is 1.35. The molecule has 1 saturated carbocycles. The van der Waals surface area contributed by atoms with Crippen molar-refractivity contribution in [2.24, 2.45) is 0 Å². The molecule has 3 aromatic rings. The number of methoxy groups -OCH3 is 1. The smallest absolute Gasteiger partial charge is 0.251 e. The third-order valence-corrected chi connectivity index (χ3v) is 4.21. The van der Waals surface area contributed by atoms with Gasteiger partial charge in [0.1, 0.15) is 0 Å². The molecule has 0 saturated heterocycles. The zero-order valence-corrected chi connectivity index (χ0v) is 14.9. The predicted molar refractivity (Wildman–Crippen MR) is 101 cm³/mol. The third kappa shape index (κ3) is 4.06. The highest BCUT2D eigenvalue weighted by molar-refractivity contribution is 5.95. The maximum absolute atomic E-state index is 12.3. The number of ether oxygens (including phenoxy) is 2. The van der Waals surface area contributed by atoms with Gasteiger partial charge in [0.25, 0.3) is 5.91 Å². The lowest BCUT2D eigenvalue weighted by molar-refractivity contribution is 0.0951. The fourth-order valence-electron chi connectivity index (χ4n) is 2.65. The number of para-hydroxylation sites is 2. The second kappa shape index (κ2) is 7.45. The van der Waals surface area contributed by atoms with Gasteiger partial charge in [0.15, 0.2) is 17.3 Å². The summed E-state index contributed by atoms with van der Waals surface area (Å²) in [5, 5.41) is 2.99. The highest BCUT2D eigenvalue weighted by Gasteiger charge is 2.23. The third-order valence-electron chi connectivity index (χ3n) is 4.21. The topological polar surface area (TPSA) is 73.3 Å². The van der Waals surface area contributed by atoms with Crippen LogP contribution in [-0.4, -0.2) is 29.0 Å². The first kappa shape index (κ1) is 17.0. The van der Waals surface area contributed by atoms with Crippen molar-refractivity contribution in [3.8, 4) is 28.8 Å². The Morgan fingerprint density at radius 2 is 1.89 bits per heavy atom. The zero-order chi connectivity index (χ0) is 18.6. The number of amides is 1. The normalized spacial score (nSPS) is 13.1. The molecular formula is C21H19N3O3. The number of benzene rings is 2. The minimum Gasteiger partial charge on any atom is -0.493 e. The number of carbonyl (C=O) groups excluding carboxylic acids is 1. The van der Waals surface area contributed by atoms with E-state index in [1.165, 1.54) is 0 Å². The summed E-state index contributed by atoms with van der Waals surface area (Å²) in [6.07, 6.45) is 3.73. The van der Waals surface area contributed by atoms with Gasteiger partial charge in [-0.2, -0.15) is 4.98 Å². The van der Waals surface area contributed by atoms with E-state index in [4.69, 9.17) is 9.47 Å². The van der Waals surface area contributed by atoms with Gasteiger partial charge in [-0.15, -0.1) is 0 Å². The summed E-state index contributed by atoms with van der Waals surface area (Å²) in [6, 6.07) is 16.6. The van der Waals surface area contributed by atoms with Gasteiger partial charge in [0, 0.05) is 29.4 Å². The first-order valence-electron chi connectivity index (χ1n) is 8.78. The number of hydrogen-bond acceptors (Lipinski definition) is 5. The van der Waals surface area contributed by atoms with Crippen LogP contribution in [0.15, 0.2) is 60.8 Å². The van der Waals surface area contributed by atoms with Crippen LogP contribution in [0.25, 0.3) is 11.4 Å². The maximum Gasteiger partial charge on any atom is 0.251 e. The molecule has 2 aromatic carbocycles. The zero-order valence-electron chi connectivity index (χ0n) is 14.9. The number of carbonyl (C=O) groups is 1. The Morgan fingerprint density at radius 3 is 2.67 bits per heavy atom. The van der Waals surface area contributed by atoms with Crippen molar-refractivity contribution >= 4 is 5.91 Å². The lowest BCUT2D eigenvalue weighted by Gasteiger charge is -2.10. The molecule has 0 aliphatic heterocycles. The number of nitrogens with one attached hydrogen (secondary N) is 1. The number of rotatable bonds is 6. The van der Waals surface area contributed by atoms with Gasteiger partial charge in [-0.3, -0.25) is 4.79 Å². The van der Waals surface area contributed by atoms with E-state index in [0.29, 0.717) is 34.8 Å². The quantitative estimate of drug-likeness (QED) is 0.722. The van der Waals surface area contributed by atoms with Gasteiger partial charge in [-0.1, -0.05) is 24.3 Å². The van der Waals surface area contributed by atoms with Gasteiger partial charge in [0.2, 0.25) is 5.88 Å². The minimum atomic E-state index is -0.0687. The number of aromatic nitrogens is 2. The monoisotopic (exact) mass is 361 g/mol. The average Bonchev–Trinajstić information content (AvgIpc) is 3.53. The van der Waals surface area contributed by atoms with Crippen LogP contribution in [0.4, 0.5) is 0 Å². The summed E-state index contributed by atoms with van der Waals surface area (Å²) < 4.78 is 11.1. The summed E-state index contributed by atoms with van der Waals surface area (Å²) in [7, 11) is 1.59. The van der Waals surface area contributed by atoms with Crippen LogP contribution in [0.1, 0.15) is 23.2 Å². The number of nitrogens with zero attached hydrogens (tertiary/aromatic N) is 2. The summed E-state index contributed by atoms with van der Waals surface area (Å²) in [4.78, 5) is 21.0. The predicted octanol–water partition coefficient (Wildman–Crippen LogP) is 3.84. The highest BCUT2D eigenvalue weighted by Crippen LogP contribution is 2.30. The molecule has 1 aliphatic rings. The van der Waals surface area contributed by atoms with Crippen LogP contribution in [-0.2, 0) is 0 Å². The molecule has 1 heterocycles. The maximum atomic E-state index is 12.3. The molecule has 1 aliphatic carbocycles. The fourth-order valence-corrected chi connectivity index (χ4v) is 2.65. The Balaban J connectivity index is 1.58. The summed E-state index contributed by atoms with van der Waals surface area (Å²) in [5.74, 6) is 2.01. The molecular weight excluding hydrogens is 342 g/mol. The van der Waals surface area contributed by atoms with Gasteiger partial charge < -0.3 is 14.8 Å². The molecule has 0 bridgehead atoms. The van der Waals surface area contributed by atoms with Crippen molar-refractivity contribution in [2.45, 2.75) is 18.9 Å². The minimum absolute atomic E-state index is 0.0687. The van der Waals surface area contributed by atoms with Crippen LogP contribution < -0.4 is 14.8 Å². The van der Waals surface area contributed by atoms with Crippen LogP contribution in [0.3, 0.4) is 0 Å². The summed E-state index contributed by atoms with van der Waals surface area (Å²) in [6.45, 7) is 0. The van der Waals surface area contributed by atoms with Gasteiger partial charge in [-0.05, 0) is 37.1 Å². The van der Waals surface area contributed by atoms with Crippen LogP contribution in [0, 0.1) is 0 Å². The Bertz CT molecular complexity index is 970. The SMILES string of the molecule is COc1ccccc1Oc1ccnc(-c2cccc(C(=O)NC3CC3)c2)n1. The Hall–Kier alpha value is -3.41. The molecule has 0 spiro atoms. The van der Waals surface area contributed by atoms with E-state index in [-0.39, 0.29) is 5.91 Å². The molecule has 0 atom stereocenters. The van der Waals surface area contributed by atoms with E-state index >= 15 is 0 Å². The van der Waals surface area contributed by atoms with E-state index in [9.17, 15) is 4.79 Å². The van der Waals surface area contributed by atoms with Crippen LogP contribution >= 0.6 is 0 Å². The van der Waals surface area contributed by atoms with Crippen molar-refractivity contribution in [2.75, 3.05) is 7.11 Å². The molecule has 1 fully saturated rings. The lowest BCUT2D eigenvalue weighted by Crippen LogP contribution is -2.25. The van der Waals surface area contributed by atoms with E-state index in [1.54, 1.807) is 31.5 Å². The molecule has 1 amide bonds. The van der Waals surface area contributed by atoms with Gasteiger partial charge in [0.05, 0.1) is 7.11 Å². The molecule has 4 rings (SSSR count). The Labute approximate surface area is 157 Å². The van der Waals surface area contributed by atoms with Gasteiger partial charge in [-0.25, -0.2) is 4.98 Å². The Kier molecular flexibility index (Phi) is 4.70. The molecule has 136 valence electrons. The second-order valence-corrected chi connectivity index (χ2v) is 6.30. The van der Waals surface area contributed by atoms with Crippen molar-refractivity contribution in [3.05, 3.63) is 66.4 Å². The van der Waals surface area contributed by atoms with Crippen molar-refractivity contribution in [1.29, 1.82) is 0 Å². The average molecular weight is 361 g/mol. The van der Waals surface area contributed by atoms with Crippen molar-refractivity contribution < 1.29 is 14.3 Å². The van der Waals surface area contributed by atoms with Crippen molar-refractivity contribution in [3.63, 3.8) is 0 Å². The second-order valence-electron chi connectivity index (χ2n) is 6.30. The summed E-state index contributed by atoms with van der Waals surface area (Å²) >= 11 is 0. The molecule has 0 unspecified atom stereocenters. The van der Waals surface area contributed by atoms with Crippen molar-refractivity contribution in [1.82, 2.24) is 15.3 Å². The Morgan fingerprint density at radius 1 is 1.07 bits per heavy atom. The highest BCUT2D eigenvalue weighted by atomic mass is 16.5. The first-order valence-corrected chi connectivity index (χ1v) is 8.78. The first-order chi connectivity index (χ1) is 13.2. The van der Waals surface area contributed by atoms with E-state index in [2.05, 4.69) is 15.3 Å². The fraction of sp³-hybridized carbons (Fsp3) is 0.190. The van der Waals surface area contributed by atoms with E-state index in [1.807, 2.05) is 36.4 Å². The lowest BCUT2D eigenvalue weighted by atomic mass is 10.1. The molecule has 0 radical (unpaired) electrons. The molecule has 6 nitrogen and oxygen atoms in total. The molecule has 6 heteroatoms. The van der Waals surface area contributed by atoms with Gasteiger partial charge >= 0.3 is 0 Å². The van der Waals surface area contributed by atoms with E-state index < -0.39 is 0 Å². The molecule has 1 N–H and O–H groups in total. The van der Waals surface area contributed by atoms with Crippen LogP contribution in [0.5, 0.6) is 17.4 Å². The van der Waals surface area contributed by atoms with E-state index in [0.717, 1.165) is 18.4 Å².